The zero-order valence-corrected chi connectivity index (χ0v) is 29.8. The van der Waals surface area contributed by atoms with Gasteiger partial charge in [-0.15, -0.1) is 0 Å². The van der Waals surface area contributed by atoms with E-state index in [-0.39, 0.29) is 25.2 Å². The number of hydrogen-bond acceptors (Lipinski definition) is 9. The molecular weight excluding hydrogens is 606 g/mol. The second-order valence-corrected chi connectivity index (χ2v) is 14.0. The van der Waals surface area contributed by atoms with Gasteiger partial charge in [0.25, 0.3) is 0 Å². The molecule has 0 radical (unpaired) electrons. The van der Waals surface area contributed by atoms with E-state index in [4.69, 9.17) is 14.2 Å². The highest BCUT2D eigenvalue weighted by Gasteiger charge is 2.49. The third kappa shape index (κ3) is 16.8. The van der Waals surface area contributed by atoms with Gasteiger partial charge in [0.1, 0.15) is 17.4 Å². The number of benzene rings is 1. The summed E-state index contributed by atoms with van der Waals surface area (Å²) in [6.45, 7) is 7.28. The maximum absolute atomic E-state index is 13.8. The van der Waals surface area contributed by atoms with Gasteiger partial charge in [-0.25, -0.2) is 9.59 Å². The zero-order valence-electron chi connectivity index (χ0n) is 29.0. The molecule has 3 N–H and O–H groups in total. The average Bonchev–Trinajstić information content (AvgIpc) is 3.01. The number of esters is 2. The third-order valence-corrected chi connectivity index (χ3v) is 8.70. The molecule has 1 aromatic carbocycles. The molecule has 0 aromatic heterocycles. The number of hydrogen-bond donors (Lipinski definition) is 3. The molecule has 0 heterocycles. The number of methoxy groups -OCH3 is 2. The van der Waals surface area contributed by atoms with Crippen molar-refractivity contribution in [1.82, 2.24) is 5.32 Å². The van der Waals surface area contributed by atoms with E-state index in [2.05, 4.69) is 12.2 Å². The summed E-state index contributed by atoms with van der Waals surface area (Å²) in [5, 5.41) is 24.1. The molecule has 9 nitrogen and oxygen atoms in total. The normalized spacial score (nSPS) is 14.4. The highest BCUT2D eigenvalue weighted by atomic mass is 32.2. The monoisotopic (exact) mass is 665 g/mol. The van der Waals surface area contributed by atoms with Crippen LogP contribution in [0.2, 0.25) is 0 Å². The number of amides is 1. The molecule has 0 saturated heterocycles. The first-order valence-corrected chi connectivity index (χ1v) is 17.9. The summed E-state index contributed by atoms with van der Waals surface area (Å²) in [6, 6.07) is 5.14. The second-order valence-electron chi connectivity index (χ2n) is 12.8. The maximum Gasteiger partial charge on any atom is 0.339 e. The van der Waals surface area contributed by atoms with Gasteiger partial charge in [0, 0.05) is 26.6 Å². The molecule has 1 rings (SSSR count). The Morgan fingerprint density at radius 2 is 1.54 bits per heavy atom. The Kier molecular flexibility index (Phi) is 20.6. The fourth-order valence-electron chi connectivity index (χ4n) is 4.90. The van der Waals surface area contributed by atoms with Crippen molar-refractivity contribution in [3.63, 3.8) is 0 Å². The van der Waals surface area contributed by atoms with Crippen LogP contribution >= 0.6 is 11.8 Å². The molecule has 0 saturated carbocycles. The van der Waals surface area contributed by atoms with Crippen molar-refractivity contribution in [3.05, 3.63) is 42.0 Å². The summed E-state index contributed by atoms with van der Waals surface area (Å²) < 4.78 is 15.7. The minimum absolute atomic E-state index is 0.00193. The smallest absolute Gasteiger partial charge is 0.339 e. The van der Waals surface area contributed by atoms with Crippen LogP contribution in [0.15, 0.2) is 36.4 Å². The fraction of sp³-hybridized carbons (Fsp3) is 0.694. The van der Waals surface area contributed by atoms with Gasteiger partial charge >= 0.3 is 11.9 Å². The minimum atomic E-state index is -2.25. The lowest BCUT2D eigenvalue weighted by atomic mass is 9.82. The molecule has 0 fully saturated rings. The van der Waals surface area contributed by atoms with Gasteiger partial charge in [0.2, 0.25) is 5.91 Å². The van der Waals surface area contributed by atoms with E-state index in [1.54, 1.807) is 32.9 Å². The predicted octanol–water partition coefficient (Wildman–Crippen LogP) is 6.53. The Bertz CT molecular complexity index is 1040. The largest absolute Gasteiger partial charge is 0.508 e. The molecule has 10 heteroatoms. The topological polar surface area (TPSA) is 131 Å². The first kappa shape index (κ1) is 41.5. The number of allylic oxidation sites excluding steroid dienone is 1. The van der Waals surface area contributed by atoms with E-state index in [9.17, 15) is 24.6 Å². The lowest BCUT2D eigenvalue weighted by molar-refractivity contribution is -0.185. The number of ether oxygens (including phenoxy) is 3. The van der Waals surface area contributed by atoms with Crippen molar-refractivity contribution < 1.29 is 38.8 Å². The number of phenols is 1. The molecule has 3 atom stereocenters. The molecule has 0 aliphatic heterocycles. The summed E-state index contributed by atoms with van der Waals surface area (Å²) in [7, 11) is 2.66. The Morgan fingerprint density at radius 3 is 2.11 bits per heavy atom. The van der Waals surface area contributed by atoms with Crippen LogP contribution in [-0.4, -0.2) is 77.6 Å². The highest BCUT2D eigenvalue weighted by molar-refractivity contribution is 7.99. The van der Waals surface area contributed by atoms with Gasteiger partial charge in [0.05, 0.1) is 13.0 Å². The number of thioether (sulfide) groups is 1. The molecule has 1 aromatic rings. The number of carbonyl (C=O) groups excluding carboxylic acids is 3. The van der Waals surface area contributed by atoms with Gasteiger partial charge in [-0.1, -0.05) is 69.7 Å². The number of carbonyl (C=O) groups is 3. The van der Waals surface area contributed by atoms with Crippen LogP contribution in [0.1, 0.15) is 104 Å². The number of aliphatic hydroxyl groups is 1. The predicted molar refractivity (Wildman–Crippen MR) is 185 cm³/mol. The van der Waals surface area contributed by atoms with Crippen LogP contribution in [0.5, 0.6) is 5.75 Å². The van der Waals surface area contributed by atoms with E-state index >= 15 is 0 Å². The van der Waals surface area contributed by atoms with Crippen LogP contribution in [0.25, 0.3) is 0 Å². The molecular formula is C36H59NO8S. The Morgan fingerprint density at radius 1 is 0.935 bits per heavy atom. The van der Waals surface area contributed by atoms with Crippen LogP contribution < -0.4 is 5.32 Å². The summed E-state index contributed by atoms with van der Waals surface area (Å²) in [5.74, 6) is -1.25. The average molecular weight is 666 g/mol. The number of nitrogens with one attached hydrogen (secondary N) is 1. The standard InChI is InChI=1S/C36H59NO8S/c1-7-8-9-13-16-25-46-26-17-14-11-10-12-15-18-30(36(42,23-24-43-5)34(41)45-35(2,3)4)32(39)37-31(33(40)44-6)27-28-19-21-29(38)22-20-28/h15,18-22,30-31,38,42H,7-14,16-17,23-27H2,1-6H3,(H,37,39)/b18-15+/t30-,31+,36+/m1/s1. The SMILES string of the molecule is CCCCCCCSCCCCCC/C=C/[C@H](C(=O)N[C@@H](Cc1ccc(O)cc1)C(=O)OC)[C@@](O)(CCOC)C(=O)OC(C)(C)C. The number of rotatable bonds is 24. The van der Waals surface area contributed by atoms with E-state index in [0.717, 1.165) is 19.3 Å². The third-order valence-electron chi connectivity index (χ3n) is 7.55. The van der Waals surface area contributed by atoms with Crippen molar-refractivity contribution >= 4 is 29.6 Å². The van der Waals surface area contributed by atoms with E-state index in [1.807, 2.05) is 17.8 Å². The molecule has 0 aliphatic carbocycles. The lowest BCUT2D eigenvalue weighted by Crippen LogP contribution is -2.56. The van der Waals surface area contributed by atoms with Gasteiger partial charge < -0.3 is 29.7 Å². The fourth-order valence-corrected chi connectivity index (χ4v) is 5.92. The first-order valence-electron chi connectivity index (χ1n) is 16.7. The number of aromatic hydroxyl groups is 1. The summed E-state index contributed by atoms with van der Waals surface area (Å²) in [6.07, 6.45) is 14.7. The molecule has 0 unspecified atom stereocenters. The molecule has 0 spiro atoms. The Hall–Kier alpha value is -2.56. The van der Waals surface area contributed by atoms with E-state index in [1.165, 1.54) is 82.5 Å². The number of phenolic OH excluding ortho intramolecular Hbond substituents is 1. The number of unbranched alkanes of at least 4 members (excludes halogenated alkanes) is 8. The lowest BCUT2D eigenvalue weighted by Gasteiger charge is -2.35. The van der Waals surface area contributed by atoms with Crippen LogP contribution in [-0.2, 0) is 35.0 Å². The van der Waals surface area contributed by atoms with Crippen molar-refractivity contribution in [3.8, 4) is 5.75 Å². The van der Waals surface area contributed by atoms with E-state index in [0.29, 0.717) is 12.0 Å². The molecule has 262 valence electrons. The minimum Gasteiger partial charge on any atom is -0.508 e. The summed E-state index contributed by atoms with van der Waals surface area (Å²) in [4.78, 5) is 40.0. The van der Waals surface area contributed by atoms with Crippen molar-refractivity contribution in [2.75, 3.05) is 32.3 Å². The van der Waals surface area contributed by atoms with Crippen LogP contribution in [0.4, 0.5) is 0 Å². The zero-order chi connectivity index (χ0) is 34.4. The second kappa shape index (κ2) is 22.9. The van der Waals surface area contributed by atoms with Crippen LogP contribution in [0, 0.1) is 5.92 Å². The van der Waals surface area contributed by atoms with Gasteiger partial charge in [-0.2, -0.15) is 11.8 Å². The van der Waals surface area contributed by atoms with Gasteiger partial charge in [0.15, 0.2) is 5.60 Å². The van der Waals surface area contributed by atoms with Crippen LogP contribution in [0.3, 0.4) is 0 Å². The molecule has 1 amide bonds. The quantitative estimate of drug-likeness (QED) is 0.0641. The first-order chi connectivity index (χ1) is 21.9. The van der Waals surface area contributed by atoms with E-state index < -0.39 is 41.0 Å². The van der Waals surface area contributed by atoms with Gasteiger partial charge in [-0.3, -0.25) is 4.79 Å². The molecule has 0 bridgehead atoms. The Balaban J connectivity index is 2.99. The summed E-state index contributed by atoms with van der Waals surface area (Å²) >= 11 is 2.03. The summed E-state index contributed by atoms with van der Waals surface area (Å²) in [5.41, 5.74) is -2.49. The molecule has 46 heavy (non-hydrogen) atoms. The molecule has 0 aliphatic rings. The van der Waals surface area contributed by atoms with Crippen molar-refractivity contribution in [1.29, 1.82) is 0 Å². The van der Waals surface area contributed by atoms with Crippen molar-refractivity contribution in [2.24, 2.45) is 5.92 Å². The van der Waals surface area contributed by atoms with Crippen molar-refractivity contribution in [2.45, 2.75) is 122 Å². The Labute approximate surface area is 281 Å². The van der Waals surface area contributed by atoms with Gasteiger partial charge in [-0.05, 0) is 75.7 Å². The highest BCUT2D eigenvalue weighted by Crippen LogP contribution is 2.29. The maximum atomic E-state index is 13.8.